The monoisotopic (exact) mass is 182 g/mol. The minimum Gasteiger partial charge on any atom is -0.478 e. The Balaban J connectivity index is 3.10. The molecule has 0 spiro atoms. The summed E-state index contributed by atoms with van der Waals surface area (Å²) < 4.78 is 12.7. The van der Waals surface area contributed by atoms with Gasteiger partial charge in [0.05, 0.1) is 5.56 Å². The molecule has 0 unspecified atom stereocenters. The Hall–Kier alpha value is -1.38. The number of aryl methyl sites for hydroxylation is 1. The van der Waals surface area contributed by atoms with Gasteiger partial charge in [0.2, 0.25) is 0 Å². The van der Waals surface area contributed by atoms with Crippen molar-refractivity contribution in [3.05, 3.63) is 35.1 Å². The molecule has 0 saturated carbocycles. The minimum absolute atomic E-state index is 0.197. The molecule has 0 fully saturated rings. The highest BCUT2D eigenvalue weighted by Crippen LogP contribution is 2.13. The van der Waals surface area contributed by atoms with Gasteiger partial charge in [-0.1, -0.05) is 13.3 Å². The molecular weight excluding hydrogens is 171 g/mol. The third kappa shape index (κ3) is 2.28. The second-order valence-corrected chi connectivity index (χ2v) is 2.86. The molecule has 0 radical (unpaired) electrons. The van der Waals surface area contributed by atoms with E-state index in [1.54, 1.807) is 0 Å². The Morgan fingerprint density at radius 3 is 2.77 bits per heavy atom. The van der Waals surface area contributed by atoms with E-state index < -0.39 is 5.97 Å². The molecule has 13 heavy (non-hydrogen) atoms. The molecule has 0 aliphatic rings. The van der Waals surface area contributed by atoms with E-state index in [2.05, 4.69) is 0 Å². The molecule has 1 rings (SSSR count). The van der Waals surface area contributed by atoms with Crippen molar-refractivity contribution < 1.29 is 14.3 Å². The van der Waals surface area contributed by atoms with Gasteiger partial charge in [-0.2, -0.15) is 0 Å². The van der Waals surface area contributed by atoms with Crippen molar-refractivity contribution in [2.45, 2.75) is 19.8 Å². The zero-order valence-corrected chi connectivity index (χ0v) is 7.38. The molecule has 0 bridgehead atoms. The van der Waals surface area contributed by atoms with Crippen molar-refractivity contribution in [3.8, 4) is 0 Å². The molecule has 70 valence electrons. The summed E-state index contributed by atoms with van der Waals surface area (Å²) in [5.41, 5.74) is 0.762. The number of hydrogen-bond donors (Lipinski definition) is 1. The average molecular weight is 182 g/mol. The van der Waals surface area contributed by atoms with Crippen LogP contribution in [0.2, 0.25) is 0 Å². The summed E-state index contributed by atoms with van der Waals surface area (Å²) in [6.45, 7) is 1.93. The summed E-state index contributed by atoms with van der Waals surface area (Å²) in [5.74, 6) is -1.38. The standard InChI is InChI=1S/C10H11FO2/c1-2-3-7-6-8(11)4-5-9(7)10(12)13/h4-6H,2-3H2,1H3,(H,12,13). The van der Waals surface area contributed by atoms with Crippen molar-refractivity contribution >= 4 is 5.97 Å². The number of halogens is 1. The molecule has 2 nitrogen and oxygen atoms in total. The van der Waals surface area contributed by atoms with Crippen molar-refractivity contribution in [2.24, 2.45) is 0 Å². The topological polar surface area (TPSA) is 37.3 Å². The third-order valence-electron chi connectivity index (χ3n) is 1.82. The summed E-state index contributed by atoms with van der Waals surface area (Å²) in [6, 6.07) is 3.76. The Labute approximate surface area is 76.0 Å². The fourth-order valence-corrected chi connectivity index (χ4v) is 1.25. The zero-order valence-electron chi connectivity index (χ0n) is 7.38. The Morgan fingerprint density at radius 2 is 2.23 bits per heavy atom. The zero-order chi connectivity index (χ0) is 9.84. The van der Waals surface area contributed by atoms with Crippen LogP contribution in [0.5, 0.6) is 0 Å². The van der Waals surface area contributed by atoms with Gasteiger partial charge in [0.1, 0.15) is 5.82 Å². The molecule has 0 saturated heterocycles. The first-order valence-corrected chi connectivity index (χ1v) is 4.17. The van der Waals surface area contributed by atoms with Gasteiger partial charge in [0.15, 0.2) is 0 Å². The van der Waals surface area contributed by atoms with Gasteiger partial charge in [-0.3, -0.25) is 0 Å². The lowest BCUT2D eigenvalue weighted by Gasteiger charge is -2.03. The predicted molar refractivity (Wildman–Crippen MR) is 47.4 cm³/mol. The van der Waals surface area contributed by atoms with Crippen LogP contribution in [0, 0.1) is 5.82 Å². The molecule has 0 heterocycles. The SMILES string of the molecule is CCCc1cc(F)ccc1C(=O)O. The van der Waals surface area contributed by atoms with E-state index in [-0.39, 0.29) is 11.4 Å². The number of carboxylic acids is 1. The lowest BCUT2D eigenvalue weighted by atomic mass is 10.0. The van der Waals surface area contributed by atoms with E-state index in [0.717, 1.165) is 6.42 Å². The molecule has 1 N–H and O–H groups in total. The Morgan fingerprint density at radius 1 is 1.54 bits per heavy atom. The van der Waals surface area contributed by atoms with Crippen LogP contribution in [0.4, 0.5) is 4.39 Å². The van der Waals surface area contributed by atoms with Crippen LogP contribution < -0.4 is 0 Å². The maximum absolute atomic E-state index is 12.7. The third-order valence-corrected chi connectivity index (χ3v) is 1.82. The number of benzene rings is 1. The normalized spacial score (nSPS) is 10.0. The smallest absolute Gasteiger partial charge is 0.335 e. The quantitative estimate of drug-likeness (QED) is 0.779. The summed E-state index contributed by atoms with van der Waals surface area (Å²) >= 11 is 0. The highest BCUT2D eigenvalue weighted by Gasteiger charge is 2.09. The highest BCUT2D eigenvalue weighted by atomic mass is 19.1. The van der Waals surface area contributed by atoms with Crippen LogP contribution in [0.15, 0.2) is 18.2 Å². The summed E-state index contributed by atoms with van der Waals surface area (Å²) in [5, 5.41) is 8.76. The van der Waals surface area contributed by atoms with Crippen molar-refractivity contribution in [2.75, 3.05) is 0 Å². The van der Waals surface area contributed by atoms with E-state index in [1.807, 2.05) is 6.92 Å². The summed E-state index contributed by atoms with van der Waals surface area (Å²) in [7, 11) is 0. The number of carbonyl (C=O) groups is 1. The Kier molecular flexibility index (Phi) is 3.01. The van der Waals surface area contributed by atoms with Crippen LogP contribution in [0.3, 0.4) is 0 Å². The first-order valence-electron chi connectivity index (χ1n) is 4.17. The predicted octanol–water partition coefficient (Wildman–Crippen LogP) is 2.48. The average Bonchev–Trinajstić information content (AvgIpc) is 2.04. The van der Waals surface area contributed by atoms with Gasteiger partial charge < -0.3 is 5.11 Å². The van der Waals surface area contributed by atoms with Gasteiger partial charge in [-0.25, -0.2) is 9.18 Å². The van der Waals surface area contributed by atoms with Crippen molar-refractivity contribution in [1.29, 1.82) is 0 Å². The van der Waals surface area contributed by atoms with Gasteiger partial charge in [-0.05, 0) is 30.2 Å². The van der Waals surface area contributed by atoms with E-state index in [0.29, 0.717) is 12.0 Å². The molecule has 0 aromatic heterocycles. The van der Waals surface area contributed by atoms with E-state index >= 15 is 0 Å². The maximum atomic E-state index is 12.7. The van der Waals surface area contributed by atoms with Crippen LogP contribution in [0.25, 0.3) is 0 Å². The van der Waals surface area contributed by atoms with Crippen molar-refractivity contribution in [3.63, 3.8) is 0 Å². The van der Waals surface area contributed by atoms with E-state index in [9.17, 15) is 9.18 Å². The van der Waals surface area contributed by atoms with Gasteiger partial charge in [0, 0.05) is 0 Å². The number of aromatic carboxylic acids is 1. The van der Waals surface area contributed by atoms with Crippen LogP contribution >= 0.6 is 0 Å². The highest BCUT2D eigenvalue weighted by molar-refractivity contribution is 5.89. The molecule has 0 amide bonds. The van der Waals surface area contributed by atoms with Crippen LogP contribution in [-0.4, -0.2) is 11.1 Å². The van der Waals surface area contributed by atoms with Crippen molar-refractivity contribution in [1.82, 2.24) is 0 Å². The van der Waals surface area contributed by atoms with Crippen LogP contribution in [0.1, 0.15) is 29.3 Å². The number of hydrogen-bond acceptors (Lipinski definition) is 1. The molecular formula is C10H11FO2. The van der Waals surface area contributed by atoms with E-state index in [4.69, 9.17) is 5.11 Å². The molecule has 0 atom stereocenters. The van der Waals surface area contributed by atoms with Gasteiger partial charge >= 0.3 is 5.97 Å². The molecule has 0 aliphatic carbocycles. The number of rotatable bonds is 3. The fourth-order valence-electron chi connectivity index (χ4n) is 1.25. The molecule has 3 heteroatoms. The maximum Gasteiger partial charge on any atom is 0.335 e. The molecule has 1 aromatic carbocycles. The minimum atomic E-state index is -0.997. The summed E-state index contributed by atoms with van der Waals surface area (Å²) in [6.07, 6.45) is 1.41. The van der Waals surface area contributed by atoms with Gasteiger partial charge in [0.25, 0.3) is 0 Å². The second kappa shape index (κ2) is 4.03. The van der Waals surface area contributed by atoms with Gasteiger partial charge in [-0.15, -0.1) is 0 Å². The first kappa shape index (κ1) is 9.71. The van der Waals surface area contributed by atoms with Crippen LogP contribution in [-0.2, 0) is 6.42 Å². The second-order valence-electron chi connectivity index (χ2n) is 2.86. The van der Waals surface area contributed by atoms with E-state index in [1.165, 1.54) is 18.2 Å². The first-order chi connectivity index (χ1) is 6.15. The molecule has 1 aromatic rings. The largest absolute Gasteiger partial charge is 0.478 e. The molecule has 0 aliphatic heterocycles. The summed E-state index contributed by atoms with van der Waals surface area (Å²) in [4.78, 5) is 10.7. The lowest BCUT2D eigenvalue weighted by molar-refractivity contribution is 0.0695. The Bertz CT molecular complexity index is 321. The fraction of sp³-hybridized carbons (Fsp3) is 0.300. The number of carboxylic acid groups (broad SMARTS) is 1. The lowest BCUT2D eigenvalue weighted by Crippen LogP contribution is -2.02.